The van der Waals surface area contributed by atoms with Crippen molar-refractivity contribution in [3.05, 3.63) is 18.2 Å². The average Bonchev–Trinajstić information content (AvgIpc) is 2.58. The van der Waals surface area contributed by atoms with Crippen molar-refractivity contribution in [3.8, 4) is 11.5 Å². The van der Waals surface area contributed by atoms with E-state index in [-0.39, 0.29) is 29.0 Å². The van der Waals surface area contributed by atoms with Crippen LogP contribution in [0.5, 0.6) is 11.5 Å². The van der Waals surface area contributed by atoms with Crippen LogP contribution in [0.1, 0.15) is 40.0 Å². The van der Waals surface area contributed by atoms with Crippen molar-refractivity contribution in [2.45, 2.75) is 51.0 Å². The smallest absolute Gasteiger partial charge is 0.221 e. The highest BCUT2D eigenvalue weighted by atomic mass is 32.2. The SMILES string of the molecule is CC(C)CC[C@H](C)NC(=O)CCS(=O)(=O)c1ccc2c(c1)OCCO2. The molecule has 2 rings (SSSR count). The van der Waals surface area contributed by atoms with Gasteiger partial charge < -0.3 is 14.8 Å². The first-order valence-corrected chi connectivity index (χ1v) is 10.3. The first-order chi connectivity index (χ1) is 11.8. The largest absolute Gasteiger partial charge is 0.486 e. The number of amides is 1. The minimum absolute atomic E-state index is 0.0481. The topological polar surface area (TPSA) is 81.7 Å². The number of fused-ring (bicyclic) bond motifs is 1. The monoisotopic (exact) mass is 369 g/mol. The Balaban J connectivity index is 1.89. The average molecular weight is 369 g/mol. The fraction of sp³-hybridized carbons (Fsp3) is 0.611. The zero-order valence-electron chi connectivity index (χ0n) is 15.1. The molecule has 140 valence electrons. The first-order valence-electron chi connectivity index (χ1n) is 8.69. The number of hydrogen-bond acceptors (Lipinski definition) is 5. The van der Waals surface area contributed by atoms with E-state index in [2.05, 4.69) is 19.2 Å². The molecule has 0 saturated carbocycles. The van der Waals surface area contributed by atoms with E-state index in [1.807, 2.05) is 6.92 Å². The van der Waals surface area contributed by atoms with Gasteiger partial charge >= 0.3 is 0 Å². The third-order valence-electron chi connectivity index (χ3n) is 4.06. The normalized spacial score (nSPS) is 15.0. The molecule has 1 aliphatic heterocycles. The Labute approximate surface area is 149 Å². The van der Waals surface area contributed by atoms with E-state index in [1.165, 1.54) is 12.1 Å². The van der Waals surface area contributed by atoms with Crippen molar-refractivity contribution < 1.29 is 22.7 Å². The summed E-state index contributed by atoms with van der Waals surface area (Å²) in [6, 6.07) is 4.60. The van der Waals surface area contributed by atoms with Crippen LogP contribution in [0.2, 0.25) is 0 Å². The number of sulfone groups is 1. The second-order valence-electron chi connectivity index (χ2n) is 6.81. The summed E-state index contributed by atoms with van der Waals surface area (Å²) in [6.45, 7) is 7.06. The molecule has 0 aromatic heterocycles. The van der Waals surface area contributed by atoms with E-state index in [0.717, 1.165) is 12.8 Å². The quantitative estimate of drug-likeness (QED) is 0.762. The maximum Gasteiger partial charge on any atom is 0.221 e. The van der Waals surface area contributed by atoms with Crippen molar-refractivity contribution >= 4 is 15.7 Å². The van der Waals surface area contributed by atoms with Gasteiger partial charge in [0.25, 0.3) is 0 Å². The Morgan fingerprint density at radius 2 is 1.80 bits per heavy atom. The van der Waals surface area contributed by atoms with Gasteiger partial charge in [-0.15, -0.1) is 0 Å². The van der Waals surface area contributed by atoms with Crippen LogP contribution < -0.4 is 14.8 Å². The molecule has 0 fully saturated rings. The van der Waals surface area contributed by atoms with Gasteiger partial charge in [0.05, 0.1) is 10.6 Å². The molecule has 0 spiro atoms. The molecule has 1 N–H and O–H groups in total. The number of carbonyl (C=O) groups is 1. The summed E-state index contributed by atoms with van der Waals surface area (Å²) in [7, 11) is -3.55. The van der Waals surface area contributed by atoms with Gasteiger partial charge in [-0.3, -0.25) is 4.79 Å². The van der Waals surface area contributed by atoms with Gasteiger partial charge in [0.2, 0.25) is 5.91 Å². The lowest BCUT2D eigenvalue weighted by molar-refractivity contribution is -0.121. The fourth-order valence-corrected chi connectivity index (χ4v) is 3.82. The highest BCUT2D eigenvalue weighted by molar-refractivity contribution is 7.91. The van der Waals surface area contributed by atoms with Gasteiger partial charge in [-0.1, -0.05) is 13.8 Å². The van der Waals surface area contributed by atoms with Crippen LogP contribution >= 0.6 is 0 Å². The fourth-order valence-electron chi connectivity index (χ4n) is 2.56. The summed E-state index contributed by atoms with van der Waals surface area (Å²) in [5, 5.41) is 2.86. The van der Waals surface area contributed by atoms with E-state index in [0.29, 0.717) is 30.6 Å². The van der Waals surface area contributed by atoms with E-state index in [9.17, 15) is 13.2 Å². The molecule has 1 heterocycles. The first kappa shape index (κ1) is 19.6. The van der Waals surface area contributed by atoms with Gasteiger partial charge in [-0.05, 0) is 37.8 Å². The Morgan fingerprint density at radius 3 is 2.48 bits per heavy atom. The van der Waals surface area contributed by atoms with Crippen molar-refractivity contribution in [3.63, 3.8) is 0 Å². The summed E-state index contributed by atoms with van der Waals surface area (Å²) in [6.07, 6.45) is 1.86. The second-order valence-corrected chi connectivity index (χ2v) is 8.92. The van der Waals surface area contributed by atoms with E-state index in [4.69, 9.17) is 9.47 Å². The molecule has 0 saturated heterocycles. The van der Waals surface area contributed by atoms with Crippen LogP contribution in [0, 0.1) is 5.92 Å². The number of benzene rings is 1. The van der Waals surface area contributed by atoms with Crippen molar-refractivity contribution in [2.24, 2.45) is 5.92 Å². The van der Waals surface area contributed by atoms with Gasteiger partial charge in [0, 0.05) is 18.5 Å². The predicted octanol–water partition coefficient (Wildman–Crippen LogP) is 2.56. The minimum atomic E-state index is -3.55. The van der Waals surface area contributed by atoms with Crippen LogP contribution in [0.15, 0.2) is 23.1 Å². The predicted molar refractivity (Wildman–Crippen MR) is 95.8 cm³/mol. The number of ether oxygens (including phenoxy) is 2. The Bertz CT molecular complexity index is 699. The molecule has 1 aromatic carbocycles. The molecule has 1 amide bonds. The summed E-state index contributed by atoms with van der Waals surface area (Å²) < 4.78 is 35.7. The molecular weight excluding hydrogens is 342 g/mol. The summed E-state index contributed by atoms with van der Waals surface area (Å²) in [5.74, 6) is 1.09. The lowest BCUT2D eigenvalue weighted by Gasteiger charge is -2.19. The molecule has 1 aromatic rings. The summed E-state index contributed by atoms with van der Waals surface area (Å²) in [5.41, 5.74) is 0. The molecule has 1 aliphatic rings. The van der Waals surface area contributed by atoms with Crippen LogP contribution in [-0.2, 0) is 14.6 Å². The van der Waals surface area contributed by atoms with Gasteiger partial charge in [0.1, 0.15) is 13.2 Å². The lowest BCUT2D eigenvalue weighted by Crippen LogP contribution is -2.33. The van der Waals surface area contributed by atoms with Crippen LogP contribution in [-0.4, -0.2) is 39.3 Å². The standard InChI is InChI=1S/C18H27NO5S/c1-13(2)4-5-14(3)19-18(20)8-11-25(21,22)15-6-7-16-17(12-15)24-10-9-23-16/h6-7,12-14H,4-5,8-11H2,1-3H3,(H,19,20)/t14-/m0/s1. The Hall–Kier alpha value is -1.76. The maximum atomic E-state index is 12.4. The van der Waals surface area contributed by atoms with Crippen LogP contribution in [0.3, 0.4) is 0 Å². The summed E-state index contributed by atoms with van der Waals surface area (Å²) in [4.78, 5) is 12.1. The Morgan fingerprint density at radius 1 is 1.12 bits per heavy atom. The number of nitrogens with one attached hydrogen (secondary N) is 1. The zero-order valence-corrected chi connectivity index (χ0v) is 15.9. The molecule has 0 bridgehead atoms. The number of carbonyl (C=O) groups excluding carboxylic acids is 1. The van der Waals surface area contributed by atoms with Crippen molar-refractivity contribution in [2.75, 3.05) is 19.0 Å². The third kappa shape index (κ3) is 5.92. The minimum Gasteiger partial charge on any atom is -0.486 e. The molecule has 25 heavy (non-hydrogen) atoms. The Kier molecular flexibility index (Phi) is 6.70. The van der Waals surface area contributed by atoms with Gasteiger partial charge in [-0.25, -0.2) is 8.42 Å². The molecule has 1 atom stereocenters. The molecule has 0 unspecified atom stereocenters. The van der Waals surface area contributed by atoms with Gasteiger partial charge in [0.15, 0.2) is 21.3 Å². The lowest BCUT2D eigenvalue weighted by atomic mass is 10.0. The van der Waals surface area contributed by atoms with E-state index in [1.54, 1.807) is 6.07 Å². The van der Waals surface area contributed by atoms with Crippen LogP contribution in [0.4, 0.5) is 0 Å². The molecule has 6 nitrogen and oxygen atoms in total. The highest BCUT2D eigenvalue weighted by Crippen LogP contribution is 2.32. The maximum absolute atomic E-state index is 12.4. The number of hydrogen-bond donors (Lipinski definition) is 1. The van der Waals surface area contributed by atoms with Crippen molar-refractivity contribution in [1.29, 1.82) is 0 Å². The molecular formula is C18H27NO5S. The zero-order chi connectivity index (χ0) is 18.4. The van der Waals surface area contributed by atoms with E-state index < -0.39 is 9.84 Å². The highest BCUT2D eigenvalue weighted by Gasteiger charge is 2.21. The van der Waals surface area contributed by atoms with Gasteiger partial charge in [-0.2, -0.15) is 0 Å². The second kappa shape index (κ2) is 8.56. The van der Waals surface area contributed by atoms with Crippen LogP contribution in [0.25, 0.3) is 0 Å². The van der Waals surface area contributed by atoms with E-state index >= 15 is 0 Å². The molecule has 7 heteroatoms. The third-order valence-corrected chi connectivity index (χ3v) is 5.77. The van der Waals surface area contributed by atoms with Crippen molar-refractivity contribution in [1.82, 2.24) is 5.32 Å². The summed E-state index contributed by atoms with van der Waals surface area (Å²) >= 11 is 0. The molecule has 0 aliphatic carbocycles. The molecule has 0 radical (unpaired) electrons. The number of rotatable bonds is 8.